The van der Waals surface area contributed by atoms with E-state index in [2.05, 4.69) is 5.32 Å². The molecule has 0 aliphatic rings. The molecule has 0 spiro atoms. The number of nitrogens with two attached hydrogens (primary N) is 1. The van der Waals surface area contributed by atoms with Gasteiger partial charge < -0.3 is 15.8 Å². The highest BCUT2D eigenvalue weighted by atomic mass is 16.5. The molecule has 0 aromatic heterocycles. The van der Waals surface area contributed by atoms with Gasteiger partial charge in [0.05, 0.1) is 12.2 Å². The fourth-order valence-electron chi connectivity index (χ4n) is 1.97. The summed E-state index contributed by atoms with van der Waals surface area (Å²) in [4.78, 5) is 22.8. The number of esters is 1. The number of ether oxygens (including phenoxy) is 1. The van der Waals surface area contributed by atoms with Gasteiger partial charge in [0.2, 0.25) is 0 Å². The van der Waals surface area contributed by atoms with Crippen molar-refractivity contribution in [3.63, 3.8) is 0 Å². The Morgan fingerprint density at radius 2 is 1.77 bits per heavy atom. The van der Waals surface area contributed by atoms with Gasteiger partial charge in [0, 0.05) is 24.7 Å². The molecule has 2 aromatic carbocycles. The maximum absolute atomic E-state index is 12.1. The Hall–Kier alpha value is -2.82. The van der Waals surface area contributed by atoms with Crippen LogP contribution in [0.2, 0.25) is 0 Å². The lowest BCUT2D eigenvalue weighted by Crippen LogP contribution is -2.13. The molecule has 114 valence electrons. The minimum atomic E-state index is -0.288. The molecule has 0 unspecified atom stereocenters. The summed E-state index contributed by atoms with van der Waals surface area (Å²) in [6, 6.07) is 14.3. The second-order valence-corrected chi connectivity index (χ2v) is 4.83. The van der Waals surface area contributed by atoms with Crippen LogP contribution in [0.5, 0.6) is 0 Å². The molecule has 0 heterocycles. The number of nitrogens with one attached hydrogen (secondary N) is 1. The van der Waals surface area contributed by atoms with E-state index in [0.717, 1.165) is 5.56 Å². The van der Waals surface area contributed by atoms with Crippen LogP contribution in [-0.2, 0) is 16.0 Å². The summed E-state index contributed by atoms with van der Waals surface area (Å²) >= 11 is 0. The van der Waals surface area contributed by atoms with Crippen LogP contribution in [0, 0.1) is 0 Å². The zero-order valence-electron chi connectivity index (χ0n) is 12.3. The normalized spacial score (nSPS) is 10.0. The molecule has 3 N–H and O–H groups in total. The largest absolute Gasteiger partial charge is 0.466 e. The van der Waals surface area contributed by atoms with Crippen molar-refractivity contribution in [3.05, 3.63) is 59.7 Å². The third-order valence-electron chi connectivity index (χ3n) is 3.11. The molecule has 0 aliphatic heterocycles. The van der Waals surface area contributed by atoms with Gasteiger partial charge in [-0.3, -0.25) is 9.59 Å². The zero-order chi connectivity index (χ0) is 15.9. The third kappa shape index (κ3) is 4.34. The first-order chi connectivity index (χ1) is 10.6. The Kier molecular flexibility index (Phi) is 5.14. The summed E-state index contributed by atoms with van der Waals surface area (Å²) in [6.45, 7) is 1.73. The van der Waals surface area contributed by atoms with E-state index < -0.39 is 0 Å². The number of para-hydroxylation sites is 1. The molecule has 0 aliphatic carbocycles. The minimum absolute atomic E-state index is 0.245. The smallest absolute Gasteiger partial charge is 0.302 e. The summed E-state index contributed by atoms with van der Waals surface area (Å²) in [5.41, 5.74) is 8.38. The van der Waals surface area contributed by atoms with Crippen LogP contribution in [0.25, 0.3) is 0 Å². The maximum atomic E-state index is 12.1. The van der Waals surface area contributed by atoms with E-state index >= 15 is 0 Å². The number of amides is 1. The van der Waals surface area contributed by atoms with Gasteiger partial charge in [-0.1, -0.05) is 24.3 Å². The quantitative estimate of drug-likeness (QED) is 0.656. The van der Waals surface area contributed by atoms with Crippen molar-refractivity contribution < 1.29 is 14.3 Å². The van der Waals surface area contributed by atoms with Crippen LogP contribution >= 0.6 is 0 Å². The van der Waals surface area contributed by atoms with E-state index in [1.54, 1.807) is 36.4 Å². The number of hydrogen-bond donors (Lipinski definition) is 2. The average molecular weight is 298 g/mol. The average Bonchev–Trinajstić information content (AvgIpc) is 2.49. The summed E-state index contributed by atoms with van der Waals surface area (Å²) in [5.74, 6) is -0.532. The molecule has 5 heteroatoms. The van der Waals surface area contributed by atoms with Crippen LogP contribution in [0.4, 0.5) is 11.4 Å². The van der Waals surface area contributed by atoms with Gasteiger partial charge in [0.25, 0.3) is 5.91 Å². The highest BCUT2D eigenvalue weighted by Gasteiger charge is 2.08. The van der Waals surface area contributed by atoms with Gasteiger partial charge in [-0.25, -0.2) is 0 Å². The maximum Gasteiger partial charge on any atom is 0.302 e. The number of carbonyl (C=O) groups is 2. The fourth-order valence-corrected chi connectivity index (χ4v) is 1.97. The van der Waals surface area contributed by atoms with Crippen molar-refractivity contribution in [2.75, 3.05) is 17.7 Å². The molecule has 0 saturated carbocycles. The topological polar surface area (TPSA) is 81.4 Å². The number of rotatable bonds is 5. The second kappa shape index (κ2) is 7.26. The van der Waals surface area contributed by atoms with Crippen LogP contribution in [0.3, 0.4) is 0 Å². The van der Waals surface area contributed by atoms with Gasteiger partial charge >= 0.3 is 5.97 Å². The molecular formula is C17H18N2O3. The van der Waals surface area contributed by atoms with E-state index in [0.29, 0.717) is 30.0 Å². The van der Waals surface area contributed by atoms with Crippen LogP contribution in [0.15, 0.2) is 48.5 Å². The summed E-state index contributed by atoms with van der Waals surface area (Å²) < 4.78 is 4.89. The standard InChI is InChI=1S/C17H18N2O3/c1-12(20)22-11-10-13-6-8-14(9-7-13)19-17(21)15-4-2-3-5-16(15)18/h2-9H,10-11,18H2,1H3,(H,19,21). The first kappa shape index (κ1) is 15.6. The Labute approximate surface area is 129 Å². The molecule has 0 bridgehead atoms. The number of carbonyl (C=O) groups excluding carboxylic acids is 2. The number of benzene rings is 2. The first-order valence-corrected chi connectivity index (χ1v) is 6.94. The SMILES string of the molecule is CC(=O)OCCc1ccc(NC(=O)c2ccccc2N)cc1. The first-order valence-electron chi connectivity index (χ1n) is 6.94. The number of nitrogen functional groups attached to an aromatic ring is 1. The van der Waals surface area contributed by atoms with Crippen molar-refractivity contribution in [2.24, 2.45) is 0 Å². The van der Waals surface area contributed by atoms with E-state index in [1.807, 2.05) is 12.1 Å². The molecule has 0 saturated heterocycles. The van der Waals surface area contributed by atoms with E-state index in [-0.39, 0.29) is 11.9 Å². The van der Waals surface area contributed by atoms with Crippen molar-refractivity contribution >= 4 is 23.3 Å². The van der Waals surface area contributed by atoms with Crippen molar-refractivity contribution in [1.82, 2.24) is 0 Å². The molecule has 22 heavy (non-hydrogen) atoms. The van der Waals surface area contributed by atoms with Crippen LogP contribution in [-0.4, -0.2) is 18.5 Å². The zero-order valence-corrected chi connectivity index (χ0v) is 12.3. The van der Waals surface area contributed by atoms with Crippen LogP contribution < -0.4 is 11.1 Å². The lowest BCUT2D eigenvalue weighted by Gasteiger charge is -2.08. The van der Waals surface area contributed by atoms with Crippen LogP contribution in [0.1, 0.15) is 22.8 Å². The van der Waals surface area contributed by atoms with E-state index in [4.69, 9.17) is 10.5 Å². The lowest BCUT2D eigenvalue weighted by molar-refractivity contribution is -0.140. The Morgan fingerprint density at radius 1 is 1.09 bits per heavy atom. The molecule has 2 aromatic rings. The highest BCUT2D eigenvalue weighted by molar-refractivity contribution is 6.07. The third-order valence-corrected chi connectivity index (χ3v) is 3.11. The monoisotopic (exact) mass is 298 g/mol. The number of anilines is 2. The van der Waals surface area contributed by atoms with Gasteiger partial charge in [-0.05, 0) is 29.8 Å². The molecule has 0 radical (unpaired) electrons. The van der Waals surface area contributed by atoms with Gasteiger partial charge in [0.15, 0.2) is 0 Å². The minimum Gasteiger partial charge on any atom is -0.466 e. The Morgan fingerprint density at radius 3 is 2.41 bits per heavy atom. The molecular weight excluding hydrogens is 280 g/mol. The van der Waals surface area contributed by atoms with Gasteiger partial charge in [-0.2, -0.15) is 0 Å². The second-order valence-electron chi connectivity index (χ2n) is 4.83. The molecule has 2 rings (SSSR count). The predicted octanol–water partition coefficient (Wildman–Crippen LogP) is 2.63. The molecule has 5 nitrogen and oxygen atoms in total. The van der Waals surface area contributed by atoms with Gasteiger partial charge in [-0.15, -0.1) is 0 Å². The highest BCUT2D eigenvalue weighted by Crippen LogP contribution is 2.15. The van der Waals surface area contributed by atoms with E-state index in [1.165, 1.54) is 6.92 Å². The summed E-state index contributed by atoms with van der Waals surface area (Å²) in [7, 11) is 0. The van der Waals surface area contributed by atoms with Gasteiger partial charge in [0.1, 0.15) is 0 Å². The Bertz CT molecular complexity index is 666. The van der Waals surface area contributed by atoms with Crippen molar-refractivity contribution in [3.8, 4) is 0 Å². The van der Waals surface area contributed by atoms with Crippen molar-refractivity contribution in [1.29, 1.82) is 0 Å². The molecule has 0 atom stereocenters. The lowest BCUT2D eigenvalue weighted by atomic mass is 10.1. The van der Waals surface area contributed by atoms with E-state index in [9.17, 15) is 9.59 Å². The summed E-state index contributed by atoms with van der Waals surface area (Å²) in [5, 5.41) is 2.80. The molecule has 1 amide bonds. The predicted molar refractivity (Wildman–Crippen MR) is 85.6 cm³/mol. The summed E-state index contributed by atoms with van der Waals surface area (Å²) in [6.07, 6.45) is 0.638. The molecule has 0 fully saturated rings. The number of hydrogen-bond acceptors (Lipinski definition) is 4. The Balaban J connectivity index is 1.95. The fraction of sp³-hybridized carbons (Fsp3) is 0.176. The van der Waals surface area contributed by atoms with Crippen molar-refractivity contribution in [2.45, 2.75) is 13.3 Å².